The summed E-state index contributed by atoms with van der Waals surface area (Å²) in [6, 6.07) is 6.55. The van der Waals surface area contributed by atoms with Crippen LogP contribution in [0, 0.1) is 5.92 Å². The maximum absolute atomic E-state index is 11.6. The van der Waals surface area contributed by atoms with Crippen LogP contribution >= 0.6 is 0 Å². The van der Waals surface area contributed by atoms with Crippen molar-refractivity contribution in [3.8, 4) is 0 Å². The van der Waals surface area contributed by atoms with Crippen molar-refractivity contribution in [1.29, 1.82) is 0 Å². The second-order valence-corrected chi connectivity index (χ2v) is 7.74. The number of nitrogens with zero attached hydrogens (tertiary/aromatic N) is 4. The molecule has 1 N–H and O–H groups in total. The Balaban J connectivity index is 1.64. The van der Waals surface area contributed by atoms with Crippen molar-refractivity contribution in [2.24, 2.45) is 5.92 Å². The van der Waals surface area contributed by atoms with Crippen LogP contribution in [0.4, 0.5) is 4.79 Å². The van der Waals surface area contributed by atoms with E-state index in [1.165, 1.54) is 4.90 Å². The summed E-state index contributed by atoms with van der Waals surface area (Å²) in [5.41, 5.74) is 2.65. The normalized spacial score (nSPS) is 22.6. The molecule has 2 aromatic rings. The predicted molar refractivity (Wildman–Crippen MR) is 102 cm³/mol. The molecular weight excluding hydrogens is 328 g/mol. The Bertz CT molecular complexity index is 849. The molecule has 1 atom stereocenters. The first-order valence-corrected chi connectivity index (χ1v) is 9.39. The number of hydrogen-bond donors (Lipinski definition) is 1. The van der Waals surface area contributed by atoms with E-state index in [1.54, 1.807) is 0 Å². The molecule has 1 fully saturated rings. The highest BCUT2D eigenvalue weighted by Gasteiger charge is 2.25. The van der Waals surface area contributed by atoms with Gasteiger partial charge in [-0.3, -0.25) is 9.58 Å². The molecule has 2 aliphatic heterocycles. The topological polar surface area (TPSA) is 61.6 Å². The second kappa shape index (κ2) is 6.76. The van der Waals surface area contributed by atoms with Gasteiger partial charge >= 0.3 is 6.09 Å². The highest BCUT2D eigenvalue weighted by atomic mass is 16.4. The van der Waals surface area contributed by atoms with E-state index in [0.29, 0.717) is 18.5 Å². The van der Waals surface area contributed by atoms with Gasteiger partial charge < -0.3 is 10.0 Å². The van der Waals surface area contributed by atoms with E-state index in [9.17, 15) is 9.90 Å². The molecule has 1 aromatic carbocycles. The first kappa shape index (κ1) is 17.1. The molecule has 0 unspecified atom stereocenters. The predicted octanol–water partition coefficient (Wildman–Crippen LogP) is 3.66. The molecule has 6 heteroatoms. The second-order valence-electron chi connectivity index (χ2n) is 7.74. The van der Waals surface area contributed by atoms with Gasteiger partial charge in [0.25, 0.3) is 0 Å². The maximum atomic E-state index is 11.6. The lowest BCUT2D eigenvalue weighted by molar-refractivity contribution is 0.159. The van der Waals surface area contributed by atoms with Crippen molar-refractivity contribution < 1.29 is 9.90 Å². The number of amides is 1. The highest BCUT2D eigenvalue weighted by Crippen LogP contribution is 2.30. The van der Waals surface area contributed by atoms with Crippen LogP contribution < -0.4 is 0 Å². The molecule has 26 heavy (non-hydrogen) atoms. The Morgan fingerprint density at radius 3 is 2.77 bits per heavy atom. The Hall–Kier alpha value is -2.34. The van der Waals surface area contributed by atoms with E-state index < -0.39 is 6.09 Å². The summed E-state index contributed by atoms with van der Waals surface area (Å²) in [4.78, 5) is 15.5. The number of aromatic nitrogens is 2. The van der Waals surface area contributed by atoms with Gasteiger partial charge in [0, 0.05) is 23.7 Å². The summed E-state index contributed by atoms with van der Waals surface area (Å²) in [5, 5.41) is 15.5. The molecule has 1 saturated heterocycles. The number of rotatable bonds is 2. The molecule has 1 amide bonds. The smallest absolute Gasteiger partial charge is 0.411 e. The molecule has 1 aromatic heterocycles. The summed E-state index contributed by atoms with van der Waals surface area (Å²) in [6.07, 6.45) is 6.42. The number of piperidine rings is 1. The van der Waals surface area contributed by atoms with E-state index in [-0.39, 0.29) is 0 Å². The van der Waals surface area contributed by atoms with Crippen molar-refractivity contribution in [3.05, 3.63) is 36.0 Å². The van der Waals surface area contributed by atoms with Crippen LogP contribution in [0.1, 0.15) is 37.8 Å². The largest absolute Gasteiger partial charge is 0.465 e. The van der Waals surface area contributed by atoms with Crippen LogP contribution in [0.3, 0.4) is 0 Å². The summed E-state index contributed by atoms with van der Waals surface area (Å²) >= 11 is 0. The zero-order chi connectivity index (χ0) is 18.3. The Morgan fingerprint density at radius 1 is 1.27 bits per heavy atom. The molecule has 0 bridgehead atoms. The molecule has 6 nitrogen and oxygen atoms in total. The minimum atomic E-state index is -0.889. The average Bonchev–Trinajstić information content (AvgIpc) is 3.05. The minimum absolute atomic E-state index is 0.349. The third-order valence-electron chi connectivity index (χ3n) is 5.61. The maximum Gasteiger partial charge on any atom is 0.411 e. The fourth-order valence-corrected chi connectivity index (χ4v) is 4.00. The molecule has 0 spiro atoms. The minimum Gasteiger partial charge on any atom is -0.465 e. The van der Waals surface area contributed by atoms with Crippen molar-refractivity contribution in [1.82, 2.24) is 19.6 Å². The third-order valence-corrected chi connectivity index (χ3v) is 5.61. The van der Waals surface area contributed by atoms with Gasteiger partial charge in [0.15, 0.2) is 0 Å². The van der Waals surface area contributed by atoms with Crippen LogP contribution in [0.15, 0.2) is 30.5 Å². The Kier molecular flexibility index (Phi) is 4.44. The van der Waals surface area contributed by atoms with Gasteiger partial charge in [0.05, 0.1) is 17.3 Å². The van der Waals surface area contributed by atoms with E-state index in [2.05, 4.69) is 35.8 Å². The summed E-state index contributed by atoms with van der Waals surface area (Å²) < 4.78 is 2.10. The van der Waals surface area contributed by atoms with Crippen LogP contribution in [0.5, 0.6) is 0 Å². The summed E-state index contributed by atoms with van der Waals surface area (Å²) in [6.45, 7) is 4.83. The van der Waals surface area contributed by atoms with Crippen molar-refractivity contribution in [2.45, 2.75) is 32.2 Å². The Labute approximate surface area is 153 Å². The number of carboxylic acid groups (broad SMARTS) is 1. The van der Waals surface area contributed by atoms with E-state index in [4.69, 9.17) is 5.10 Å². The summed E-state index contributed by atoms with van der Waals surface area (Å²) in [7, 11) is 2.16. The lowest BCUT2D eigenvalue weighted by Gasteiger charge is -2.30. The SMILES string of the molecule is C[C@H]1CC=C(c2ccc3cn(C4CCN(C)CC4)nc3c2)N(C(=O)O)C1. The molecular formula is C20H26N4O2. The zero-order valence-electron chi connectivity index (χ0n) is 15.4. The van der Waals surface area contributed by atoms with Crippen molar-refractivity contribution in [2.75, 3.05) is 26.7 Å². The van der Waals surface area contributed by atoms with E-state index in [0.717, 1.165) is 54.5 Å². The molecule has 4 rings (SSSR count). The molecule has 0 saturated carbocycles. The number of hydrogen-bond acceptors (Lipinski definition) is 3. The molecule has 3 heterocycles. The van der Waals surface area contributed by atoms with Crippen LogP contribution in [0.25, 0.3) is 16.6 Å². The third kappa shape index (κ3) is 3.21. The standard InChI is InChI=1S/C20H26N4O2/c1-14-3-6-19(23(12-14)20(25)26)15-4-5-16-13-24(21-18(16)11-15)17-7-9-22(2)10-8-17/h4-6,11,13-14,17H,3,7-10,12H2,1-2H3,(H,25,26)/t14-/m0/s1. The zero-order valence-corrected chi connectivity index (χ0v) is 15.4. The van der Waals surface area contributed by atoms with Gasteiger partial charge in [0.1, 0.15) is 0 Å². The highest BCUT2D eigenvalue weighted by molar-refractivity contribution is 5.86. The number of likely N-dealkylation sites (tertiary alicyclic amines) is 1. The molecule has 0 radical (unpaired) electrons. The van der Waals surface area contributed by atoms with Gasteiger partial charge in [-0.25, -0.2) is 4.79 Å². The first-order chi connectivity index (χ1) is 12.5. The van der Waals surface area contributed by atoms with Gasteiger partial charge in [-0.2, -0.15) is 5.10 Å². The monoisotopic (exact) mass is 354 g/mol. The summed E-state index contributed by atoms with van der Waals surface area (Å²) in [5.74, 6) is 0.349. The molecule has 2 aliphatic rings. The first-order valence-electron chi connectivity index (χ1n) is 9.39. The van der Waals surface area contributed by atoms with E-state index in [1.807, 2.05) is 18.2 Å². The number of allylic oxidation sites excluding steroid dienone is 1. The van der Waals surface area contributed by atoms with Crippen LogP contribution in [-0.4, -0.2) is 57.5 Å². The van der Waals surface area contributed by atoms with Gasteiger partial charge in [-0.15, -0.1) is 0 Å². The number of carbonyl (C=O) groups is 1. The molecule has 0 aliphatic carbocycles. The van der Waals surface area contributed by atoms with Gasteiger partial charge in [-0.1, -0.05) is 25.1 Å². The lowest BCUT2D eigenvalue weighted by Crippen LogP contribution is -2.34. The van der Waals surface area contributed by atoms with Gasteiger partial charge in [-0.05, 0) is 51.4 Å². The van der Waals surface area contributed by atoms with Crippen molar-refractivity contribution in [3.63, 3.8) is 0 Å². The molecule has 138 valence electrons. The number of benzene rings is 1. The Morgan fingerprint density at radius 2 is 2.04 bits per heavy atom. The van der Waals surface area contributed by atoms with Crippen molar-refractivity contribution >= 4 is 22.7 Å². The van der Waals surface area contributed by atoms with Gasteiger partial charge in [0.2, 0.25) is 0 Å². The lowest BCUT2D eigenvalue weighted by atomic mass is 9.98. The fraction of sp³-hybridized carbons (Fsp3) is 0.500. The fourth-order valence-electron chi connectivity index (χ4n) is 4.00. The van der Waals surface area contributed by atoms with Crippen LogP contribution in [-0.2, 0) is 0 Å². The van der Waals surface area contributed by atoms with Crippen LogP contribution in [0.2, 0.25) is 0 Å². The van der Waals surface area contributed by atoms with E-state index >= 15 is 0 Å². The average molecular weight is 354 g/mol. The quantitative estimate of drug-likeness (QED) is 0.894. The number of fused-ring (bicyclic) bond motifs is 1.